The van der Waals surface area contributed by atoms with Crippen molar-refractivity contribution in [1.29, 1.82) is 0 Å². The molecule has 1 aliphatic rings. The van der Waals surface area contributed by atoms with E-state index in [9.17, 15) is 53.7 Å². The van der Waals surface area contributed by atoms with E-state index in [-0.39, 0.29) is 30.8 Å². The summed E-state index contributed by atoms with van der Waals surface area (Å²) in [6, 6.07) is 4.91. The van der Waals surface area contributed by atoms with E-state index >= 15 is 0 Å². The fraction of sp³-hybridized carbons (Fsp3) is 0.366. The molecule has 0 spiro atoms. The minimum absolute atomic E-state index is 0.0883. The average Bonchev–Trinajstić information content (AvgIpc) is 3.82. The van der Waals surface area contributed by atoms with Crippen LogP contribution in [0, 0.1) is 0 Å². The quantitative estimate of drug-likeness (QED) is 0.0635. The number of carbonyl (C=O) groups is 6. The predicted octanol–water partition coefficient (Wildman–Crippen LogP) is -1.17. The number of fused-ring (bicyclic) bond motifs is 1. The van der Waals surface area contributed by atoms with Gasteiger partial charge in [0, 0.05) is 55.7 Å². The zero-order valence-electron chi connectivity index (χ0n) is 34.7. The lowest BCUT2D eigenvalue weighted by Crippen LogP contribution is -2.60. The molecule has 0 aliphatic carbocycles. The summed E-state index contributed by atoms with van der Waals surface area (Å²) in [5.41, 5.74) is 12.4. The van der Waals surface area contributed by atoms with Crippen LogP contribution in [-0.4, -0.2) is 125 Å². The molecule has 1 saturated heterocycles. The van der Waals surface area contributed by atoms with Gasteiger partial charge in [-0.3, -0.25) is 38.4 Å². The molecule has 6 amide bonds. The number of H-pyrrole nitrogens is 2. The van der Waals surface area contributed by atoms with Crippen LogP contribution in [0.3, 0.4) is 0 Å². The minimum Gasteiger partial charge on any atom is -0.508 e. The van der Waals surface area contributed by atoms with E-state index in [1.165, 1.54) is 40.0 Å². The molecule has 0 radical (unpaired) electrons. The normalized spacial score (nSPS) is 18.2. The van der Waals surface area contributed by atoms with Crippen molar-refractivity contribution in [1.82, 2.24) is 40.3 Å². The summed E-state index contributed by atoms with van der Waals surface area (Å²) >= 11 is 0. The Hall–Kier alpha value is -7.30. The number of urea groups is 1. The molecule has 22 nitrogen and oxygen atoms in total. The maximum atomic E-state index is 14.3. The van der Waals surface area contributed by atoms with E-state index in [4.69, 9.17) is 16.2 Å². The van der Waals surface area contributed by atoms with E-state index in [1.54, 1.807) is 42.6 Å². The summed E-state index contributed by atoms with van der Waals surface area (Å²) in [6.45, 7) is 4.02. The van der Waals surface area contributed by atoms with Crippen LogP contribution in [0.2, 0.25) is 0 Å². The molecule has 0 bridgehead atoms. The van der Waals surface area contributed by atoms with Crippen molar-refractivity contribution in [2.75, 3.05) is 7.05 Å². The number of aromatic hydroxyl groups is 1. The second kappa shape index (κ2) is 20.0. The van der Waals surface area contributed by atoms with Crippen LogP contribution >= 0.6 is 0 Å². The van der Waals surface area contributed by atoms with Crippen molar-refractivity contribution in [3.63, 3.8) is 0 Å². The van der Waals surface area contributed by atoms with Gasteiger partial charge >= 0.3 is 17.7 Å². The lowest BCUT2D eigenvalue weighted by atomic mass is 10.0. The predicted molar refractivity (Wildman–Crippen MR) is 224 cm³/mol. The second-order valence-electron chi connectivity index (χ2n) is 15.2. The number of aromatic amines is 2. The van der Waals surface area contributed by atoms with Crippen molar-refractivity contribution in [2.45, 2.75) is 88.6 Å². The number of nitrogens with one attached hydrogen (secondary N) is 5. The number of ether oxygens (including phenoxy) is 1. The largest absolute Gasteiger partial charge is 0.508 e. The van der Waals surface area contributed by atoms with E-state index in [1.807, 2.05) is 4.98 Å². The number of benzene rings is 2. The molecule has 63 heavy (non-hydrogen) atoms. The number of phenolic OH excluding ortho intramolecular Hbond substituents is 1. The number of para-hydroxylation sites is 1. The summed E-state index contributed by atoms with van der Waals surface area (Å²) in [5.74, 6) is -5.30. The molecule has 12 N–H and O–H groups in total. The van der Waals surface area contributed by atoms with Crippen molar-refractivity contribution in [3.8, 4) is 5.75 Å². The molecule has 1 aliphatic heterocycles. The first-order valence-corrected chi connectivity index (χ1v) is 19.7. The Labute approximate surface area is 358 Å². The van der Waals surface area contributed by atoms with Gasteiger partial charge in [-0.25, -0.2) is 14.4 Å². The van der Waals surface area contributed by atoms with Crippen LogP contribution in [0.25, 0.3) is 10.9 Å². The van der Waals surface area contributed by atoms with E-state index in [0.717, 1.165) is 38.8 Å². The number of carboxylic acids is 1. The van der Waals surface area contributed by atoms with Gasteiger partial charge < -0.3 is 57.4 Å². The molecule has 8 atom stereocenters. The van der Waals surface area contributed by atoms with E-state index in [2.05, 4.69) is 20.9 Å². The monoisotopic (exact) mass is 874 g/mol. The van der Waals surface area contributed by atoms with E-state index < -0.39 is 95.5 Å². The molecule has 22 heteroatoms. The molecule has 4 aromatic rings. The number of aliphatic hydroxyl groups is 1. The van der Waals surface area contributed by atoms with Gasteiger partial charge in [0.15, 0.2) is 0 Å². The fourth-order valence-corrected chi connectivity index (χ4v) is 6.79. The number of hydrogen-bond donors (Lipinski definition) is 10. The van der Waals surface area contributed by atoms with Crippen LogP contribution in [0.5, 0.6) is 5.75 Å². The van der Waals surface area contributed by atoms with Gasteiger partial charge in [0.05, 0.1) is 18.3 Å². The molecular formula is C41H50N10O12. The van der Waals surface area contributed by atoms with Gasteiger partial charge in [0.2, 0.25) is 18.0 Å². The Morgan fingerprint density at radius 3 is 2.32 bits per heavy atom. The Bertz CT molecular complexity index is 2510. The van der Waals surface area contributed by atoms with Crippen LogP contribution in [-0.2, 0) is 41.6 Å². The van der Waals surface area contributed by atoms with Crippen molar-refractivity contribution >= 4 is 46.5 Å². The van der Waals surface area contributed by atoms with Crippen LogP contribution in [0.4, 0.5) is 4.79 Å². The number of carbonyl (C=O) groups excluding carboxylic acids is 5. The Morgan fingerprint density at radius 2 is 1.65 bits per heavy atom. The van der Waals surface area contributed by atoms with Gasteiger partial charge in [0.1, 0.15) is 41.8 Å². The molecule has 5 rings (SSSR count). The number of rotatable bonds is 16. The molecule has 336 valence electrons. The first-order chi connectivity index (χ1) is 29.7. The summed E-state index contributed by atoms with van der Waals surface area (Å²) in [4.78, 5) is 112. The number of nitrogens with zero attached hydrogens (tertiary/aromatic N) is 3. The zero-order chi connectivity index (χ0) is 46.3. The number of aromatic nitrogens is 3. The second-order valence-corrected chi connectivity index (χ2v) is 15.2. The number of amides is 6. The van der Waals surface area contributed by atoms with Crippen LogP contribution in [0.15, 0.2) is 88.5 Å². The zero-order valence-corrected chi connectivity index (χ0v) is 34.7. The number of carboxylic acid groups (broad SMARTS) is 1. The van der Waals surface area contributed by atoms with Gasteiger partial charge in [-0.2, -0.15) is 0 Å². The summed E-state index contributed by atoms with van der Waals surface area (Å²) in [5, 5.41) is 38.8. The third kappa shape index (κ3) is 11.3. The third-order valence-electron chi connectivity index (χ3n) is 10.4. The van der Waals surface area contributed by atoms with Crippen molar-refractivity contribution in [3.05, 3.63) is 111 Å². The highest BCUT2D eigenvalue weighted by atomic mass is 16.5. The first-order valence-electron chi connectivity index (χ1n) is 19.7. The first kappa shape index (κ1) is 46.8. The number of imide groups is 1. The Kier molecular flexibility index (Phi) is 14.9. The molecule has 1 fully saturated rings. The lowest BCUT2D eigenvalue weighted by molar-refractivity contribution is -0.145. The van der Waals surface area contributed by atoms with Crippen molar-refractivity contribution in [2.24, 2.45) is 11.5 Å². The number of aliphatic hydroxyl groups excluding tert-OH is 1. The number of aliphatic carboxylic acids is 1. The number of nitrogens with two attached hydrogens (primary N) is 2. The summed E-state index contributed by atoms with van der Waals surface area (Å²) in [7, 11) is 1.31. The molecule has 2 aromatic carbocycles. The number of likely N-dealkylation sites (N-methyl/N-ethyl adjacent to an activating group) is 1. The SMILES string of the molecule is CC(C(N)C(=O)N(/C=C1\CC(O)C(n2ccc(=O)[nH]c2=O)O1)C(=O)[C@H](C)NC(=O)NC(Cc1c[nH]c2ccccc12)C(=O)O)N(C)C(=O)[C@H](Cc1cccc(O)c1)NC(=O)[C@H](C)N. The molecular weight excluding hydrogens is 825 g/mol. The Balaban J connectivity index is 1.39. The lowest BCUT2D eigenvalue weighted by Gasteiger charge is -2.34. The van der Waals surface area contributed by atoms with E-state index in [0.29, 0.717) is 16.0 Å². The number of phenols is 1. The fourth-order valence-electron chi connectivity index (χ4n) is 6.79. The molecule has 2 aromatic heterocycles. The highest BCUT2D eigenvalue weighted by molar-refractivity contribution is 6.02. The molecule has 0 saturated carbocycles. The van der Waals surface area contributed by atoms with Crippen LogP contribution in [0.1, 0.15) is 44.5 Å². The van der Waals surface area contributed by atoms with Crippen LogP contribution < -0.4 is 38.7 Å². The maximum absolute atomic E-state index is 14.3. The topological polar surface area (TPSA) is 338 Å². The van der Waals surface area contributed by atoms with Crippen molar-refractivity contribution < 1.29 is 48.8 Å². The van der Waals surface area contributed by atoms with Gasteiger partial charge in [-0.15, -0.1) is 0 Å². The standard InChI is InChI=1S/C41H50N10O12/c1-20(42)34(55)46-29(15-23-8-7-9-25(52)14-23)36(57)49(4)22(3)33(43)37(58)51(19-26-17-31(53)38(63-26)50-13-12-32(54)48-41(50)62)35(56)21(2)45-40(61)47-30(39(59)60)16-24-18-44-28-11-6-5-10-27(24)28/h5-14,18-22,29-31,33,38,44,52-53H,15-17,42-43H2,1-4H3,(H,46,55)(H,59,60)(H2,45,47,61)(H,48,54,62)/b26-19+/t20-,21-,22?,29-,30?,31?,33?,38?/m0/s1. The summed E-state index contributed by atoms with van der Waals surface area (Å²) < 4.78 is 6.66. The Morgan fingerprint density at radius 1 is 0.937 bits per heavy atom. The van der Waals surface area contributed by atoms with Gasteiger partial charge in [-0.1, -0.05) is 30.3 Å². The highest BCUT2D eigenvalue weighted by Crippen LogP contribution is 2.31. The molecule has 3 heterocycles. The smallest absolute Gasteiger partial charge is 0.331 e. The van der Waals surface area contributed by atoms with Gasteiger partial charge in [0.25, 0.3) is 17.4 Å². The number of hydrogen-bond acceptors (Lipinski definition) is 13. The average molecular weight is 875 g/mol. The summed E-state index contributed by atoms with van der Waals surface area (Å²) in [6.07, 6.45) is 0.169. The van der Waals surface area contributed by atoms with Gasteiger partial charge in [-0.05, 0) is 50.1 Å². The maximum Gasteiger partial charge on any atom is 0.331 e. The minimum atomic E-state index is -1.69. The molecule has 5 unspecified atom stereocenters. The third-order valence-corrected chi connectivity index (χ3v) is 10.4. The highest BCUT2D eigenvalue weighted by Gasteiger charge is 2.39.